The summed E-state index contributed by atoms with van der Waals surface area (Å²) in [5, 5.41) is 0. The van der Waals surface area contributed by atoms with Crippen LogP contribution >= 0.6 is 0 Å². The molecule has 0 unspecified atom stereocenters. The van der Waals surface area contributed by atoms with E-state index in [0.717, 1.165) is 0 Å². The molecule has 0 atom stereocenters. The van der Waals surface area contributed by atoms with Crippen molar-refractivity contribution in [2.24, 2.45) is 0 Å². The Morgan fingerprint density at radius 2 is 1.00 bits per heavy atom. The Balaban J connectivity index is 3.50. The number of esters is 2. The number of unbranched alkanes of at least 4 members (excludes halogenated alkanes) is 1. The smallest absolute Gasteiger partial charge is 0.305 e. The lowest BCUT2D eigenvalue weighted by Crippen LogP contribution is -2.09. The average molecular weight is 338 g/mol. The second kappa shape index (κ2) is 14.4. The molecule has 0 radical (unpaired) electrons. The van der Waals surface area contributed by atoms with Crippen molar-refractivity contribution >= 4 is 23.5 Å². The number of hydrogen-bond acceptors (Lipinski definition) is 6. The van der Waals surface area contributed by atoms with E-state index >= 15 is 0 Å². The van der Waals surface area contributed by atoms with Crippen LogP contribution in [0.15, 0.2) is 25.3 Å². The molecule has 0 aromatic carbocycles. The fourth-order valence-electron chi connectivity index (χ4n) is 1.75. The number of carbonyl (C=O) groups is 4. The first-order chi connectivity index (χ1) is 11.5. The van der Waals surface area contributed by atoms with Gasteiger partial charge >= 0.3 is 11.9 Å². The number of allylic oxidation sites excluding steroid dienone is 2. The zero-order chi connectivity index (χ0) is 18.2. The van der Waals surface area contributed by atoms with E-state index in [2.05, 4.69) is 13.2 Å². The fourth-order valence-corrected chi connectivity index (χ4v) is 1.75. The van der Waals surface area contributed by atoms with Gasteiger partial charge in [0.25, 0.3) is 0 Å². The van der Waals surface area contributed by atoms with Crippen LogP contribution in [-0.2, 0) is 28.7 Å². The molecule has 0 bridgehead atoms. The van der Waals surface area contributed by atoms with Gasteiger partial charge in [-0.1, -0.05) is 13.2 Å². The van der Waals surface area contributed by atoms with Crippen molar-refractivity contribution in [2.75, 3.05) is 13.2 Å². The maximum atomic E-state index is 11.4. The minimum Gasteiger partial charge on any atom is -0.466 e. The van der Waals surface area contributed by atoms with Crippen LogP contribution in [0.25, 0.3) is 0 Å². The zero-order valence-electron chi connectivity index (χ0n) is 14.1. The van der Waals surface area contributed by atoms with Crippen LogP contribution in [0.2, 0.25) is 0 Å². The van der Waals surface area contributed by atoms with E-state index in [0.29, 0.717) is 38.5 Å². The lowest BCUT2D eigenvalue weighted by molar-refractivity contribution is -0.146. The minimum atomic E-state index is -0.336. The molecule has 0 fully saturated rings. The fraction of sp³-hybridized carbons (Fsp3) is 0.556. The Morgan fingerprint density at radius 1 is 0.625 bits per heavy atom. The highest BCUT2D eigenvalue weighted by atomic mass is 16.5. The normalized spacial score (nSPS) is 9.83. The predicted molar refractivity (Wildman–Crippen MR) is 89.3 cm³/mol. The number of ketones is 2. The van der Waals surface area contributed by atoms with E-state index in [1.165, 1.54) is 12.2 Å². The molecular weight excluding hydrogens is 312 g/mol. The third-order valence-corrected chi connectivity index (χ3v) is 3.13. The van der Waals surface area contributed by atoms with Crippen molar-refractivity contribution < 1.29 is 28.7 Å². The van der Waals surface area contributed by atoms with Gasteiger partial charge in [0.1, 0.15) is 0 Å². The van der Waals surface area contributed by atoms with Crippen LogP contribution in [0.1, 0.15) is 51.4 Å². The molecule has 24 heavy (non-hydrogen) atoms. The van der Waals surface area contributed by atoms with Crippen molar-refractivity contribution in [1.82, 2.24) is 0 Å². The highest BCUT2D eigenvalue weighted by Gasteiger charge is 2.07. The summed E-state index contributed by atoms with van der Waals surface area (Å²) >= 11 is 0. The van der Waals surface area contributed by atoms with Gasteiger partial charge in [-0.25, -0.2) is 0 Å². The molecule has 0 aliphatic heterocycles. The van der Waals surface area contributed by atoms with Gasteiger partial charge in [0.05, 0.1) is 13.2 Å². The minimum absolute atomic E-state index is 0.0709. The third-order valence-electron chi connectivity index (χ3n) is 3.13. The Morgan fingerprint density at radius 3 is 1.33 bits per heavy atom. The lowest BCUT2D eigenvalue weighted by Gasteiger charge is -2.05. The molecule has 0 heterocycles. The summed E-state index contributed by atoms with van der Waals surface area (Å²) in [6.45, 7) is 7.14. The van der Waals surface area contributed by atoms with E-state index in [4.69, 9.17) is 9.47 Å². The van der Waals surface area contributed by atoms with Gasteiger partial charge in [0.15, 0.2) is 11.6 Å². The summed E-state index contributed by atoms with van der Waals surface area (Å²) < 4.78 is 9.95. The predicted octanol–water partition coefficient (Wildman–Crippen LogP) is 2.70. The molecule has 134 valence electrons. The Labute approximate surface area is 142 Å². The number of rotatable bonds is 15. The quantitative estimate of drug-likeness (QED) is 0.259. The van der Waals surface area contributed by atoms with Gasteiger partial charge in [0.2, 0.25) is 0 Å². The summed E-state index contributed by atoms with van der Waals surface area (Å²) in [4.78, 5) is 44.7. The lowest BCUT2D eigenvalue weighted by atomic mass is 10.2. The van der Waals surface area contributed by atoms with E-state index in [1.54, 1.807) is 0 Å². The van der Waals surface area contributed by atoms with E-state index < -0.39 is 0 Å². The van der Waals surface area contributed by atoms with Crippen molar-refractivity contribution in [3.63, 3.8) is 0 Å². The number of carbonyl (C=O) groups excluding carboxylic acids is 4. The maximum absolute atomic E-state index is 11.4. The second-order valence-corrected chi connectivity index (χ2v) is 5.20. The molecule has 6 heteroatoms. The zero-order valence-corrected chi connectivity index (χ0v) is 14.1. The van der Waals surface area contributed by atoms with Crippen molar-refractivity contribution in [3.05, 3.63) is 25.3 Å². The van der Waals surface area contributed by atoms with Crippen molar-refractivity contribution in [2.45, 2.75) is 51.4 Å². The molecule has 0 amide bonds. The van der Waals surface area contributed by atoms with Gasteiger partial charge < -0.3 is 9.47 Å². The third kappa shape index (κ3) is 13.4. The topological polar surface area (TPSA) is 86.7 Å². The first-order valence-corrected chi connectivity index (χ1v) is 8.11. The van der Waals surface area contributed by atoms with E-state index in [1.807, 2.05) is 0 Å². The summed E-state index contributed by atoms with van der Waals surface area (Å²) in [5.41, 5.74) is 0. The van der Waals surface area contributed by atoms with Gasteiger partial charge in [-0.15, -0.1) is 0 Å². The molecule has 0 aromatic rings. The van der Waals surface area contributed by atoms with Crippen molar-refractivity contribution in [1.29, 1.82) is 0 Å². The van der Waals surface area contributed by atoms with Crippen LogP contribution in [0.4, 0.5) is 0 Å². The van der Waals surface area contributed by atoms with Crippen LogP contribution in [0.5, 0.6) is 0 Å². The molecule has 0 aliphatic rings. The average Bonchev–Trinajstić information content (AvgIpc) is 2.58. The van der Waals surface area contributed by atoms with Crippen LogP contribution < -0.4 is 0 Å². The molecule has 0 saturated carbocycles. The van der Waals surface area contributed by atoms with Gasteiger partial charge in [-0.05, 0) is 37.8 Å². The van der Waals surface area contributed by atoms with Crippen LogP contribution in [0, 0.1) is 0 Å². The molecule has 0 aliphatic carbocycles. The number of hydrogen-bond donors (Lipinski definition) is 0. The van der Waals surface area contributed by atoms with E-state index in [9.17, 15) is 19.2 Å². The maximum Gasteiger partial charge on any atom is 0.305 e. The summed E-state index contributed by atoms with van der Waals surface area (Å²) in [6, 6.07) is 0. The highest BCUT2D eigenvalue weighted by Crippen LogP contribution is 2.04. The molecule has 0 saturated heterocycles. The largest absolute Gasteiger partial charge is 0.466 e. The van der Waals surface area contributed by atoms with Crippen LogP contribution in [0.3, 0.4) is 0 Å². The summed E-state index contributed by atoms with van der Waals surface area (Å²) in [7, 11) is 0. The summed E-state index contributed by atoms with van der Waals surface area (Å²) in [5.74, 6) is -0.813. The standard InChI is InChI=1S/C18H26O6/c1-3-15(19)9-7-13-23-17(21)11-5-6-12-18(22)24-14-8-10-16(20)4-2/h3-4H,1-2,5-14H2. The van der Waals surface area contributed by atoms with Gasteiger partial charge in [-0.2, -0.15) is 0 Å². The van der Waals surface area contributed by atoms with Crippen LogP contribution in [-0.4, -0.2) is 36.7 Å². The molecular formula is C18H26O6. The molecule has 0 rings (SSSR count). The Kier molecular flexibility index (Phi) is 13.0. The van der Waals surface area contributed by atoms with E-state index in [-0.39, 0.29) is 49.6 Å². The number of ether oxygens (including phenoxy) is 2. The second-order valence-electron chi connectivity index (χ2n) is 5.20. The molecule has 0 N–H and O–H groups in total. The molecule has 6 nitrogen and oxygen atoms in total. The first-order valence-electron chi connectivity index (χ1n) is 8.11. The SMILES string of the molecule is C=CC(=O)CCCOC(=O)CCCCC(=O)OCCCC(=O)C=C. The Hall–Kier alpha value is -2.24. The first kappa shape index (κ1) is 21.8. The Bertz CT molecular complexity index is 410. The monoisotopic (exact) mass is 338 g/mol. The molecule has 0 spiro atoms. The van der Waals surface area contributed by atoms with Gasteiger partial charge in [0, 0.05) is 25.7 Å². The summed E-state index contributed by atoms with van der Waals surface area (Å²) in [6.07, 6.45) is 5.64. The van der Waals surface area contributed by atoms with Gasteiger partial charge in [-0.3, -0.25) is 19.2 Å². The highest BCUT2D eigenvalue weighted by molar-refractivity contribution is 5.89. The van der Waals surface area contributed by atoms with Crippen molar-refractivity contribution in [3.8, 4) is 0 Å². The molecule has 0 aromatic heterocycles.